The van der Waals surface area contributed by atoms with Gasteiger partial charge in [0, 0.05) is 24.8 Å². The third-order valence-electron chi connectivity index (χ3n) is 4.77. The first-order chi connectivity index (χ1) is 12.0. The zero-order chi connectivity index (χ0) is 17.9. The second-order valence-corrected chi connectivity index (χ2v) is 7.20. The molecule has 2 N–H and O–H groups in total. The number of amides is 2. The highest BCUT2D eigenvalue weighted by Gasteiger charge is 2.38. The van der Waals surface area contributed by atoms with Crippen molar-refractivity contribution in [2.75, 3.05) is 20.6 Å². The maximum atomic E-state index is 12.3. The number of hydrogen-bond donors (Lipinski definition) is 2. The Balaban J connectivity index is 1.58. The number of hydrogen-bond acceptors (Lipinski definition) is 3. The summed E-state index contributed by atoms with van der Waals surface area (Å²) in [7, 11) is 4.09. The van der Waals surface area contributed by atoms with Crippen LogP contribution in [0.4, 0.5) is 4.79 Å². The number of benzene rings is 1. The smallest absolute Gasteiger partial charge is 0.315 e. The molecule has 25 heavy (non-hydrogen) atoms. The lowest BCUT2D eigenvalue weighted by Gasteiger charge is -2.44. The van der Waals surface area contributed by atoms with E-state index in [4.69, 9.17) is 0 Å². The molecule has 134 valence electrons. The van der Waals surface area contributed by atoms with Crippen LogP contribution in [0.2, 0.25) is 0 Å². The van der Waals surface area contributed by atoms with Crippen LogP contribution in [0.1, 0.15) is 30.5 Å². The number of aromatic nitrogens is 2. The summed E-state index contributed by atoms with van der Waals surface area (Å²) >= 11 is 0. The van der Waals surface area contributed by atoms with Gasteiger partial charge in [0.15, 0.2) is 0 Å². The van der Waals surface area contributed by atoms with Crippen LogP contribution in [-0.4, -0.2) is 46.9 Å². The predicted molar refractivity (Wildman–Crippen MR) is 98.8 cm³/mol. The molecule has 1 saturated carbocycles. The molecule has 0 bridgehead atoms. The molecule has 0 radical (unpaired) electrons. The maximum absolute atomic E-state index is 12.3. The molecule has 0 unspecified atom stereocenters. The molecule has 3 rings (SSSR count). The van der Waals surface area contributed by atoms with E-state index in [1.807, 2.05) is 62.2 Å². The van der Waals surface area contributed by atoms with Crippen molar-refractivity contribution in [1.29, 1.82) is 0 Å². The Morgan fingerprint density at radius 2 is 2.00 bits per heavy atom. The van der Waals surface area contributed by atoms with Gasteiger partial charge >= 0.3 is 6.03 Å². The van der Waals surface area contributed by atoms with Crippen LogP contribution in [0.15, 0.2) is 36.5 Å². The summed E-state index contributed by atoms with van der Waals surface area (Å²) in [6.45, 7) is 3.32. The van der Waals surface area contributed by atoms with E-state index >= 15 is 0 Å². The molecule has 1 aromatic heterocycles. The molecule has 0 spiro atoms. The quantitative estimate of drug-likeness (QED) is 0.848. The van der Waals surface area contributed by atoms with Crippen LogP contribution in [0, 0.1) is 6.92 Å². The molecule has 1 aliphatic rings. The van der Waals surface area contributed by atoms with Gasteiger partial charge < -0.3 is 15.5 Å². The monoisotopic (exact) mass is 341 g/mol. The predicted octanol–water partition coefficient (Wildman–Crippen LogP) is 2.46. The number of para-hydroxylation sites is 1. The van der Waals surface area contributed by atoms with Gasteiger partial charge in [0.25, 0.3) is 0 Å². The van der Waals surface area contributed by atoms with Crippen LogP contribution >= 0.6 is 0 Å². The van der Waals surface area contributed by atoms with Gasteiger partial charge in [-0.15, -0.1) is 0 Å². The van der Waals surface area contributed by atoms with Gasteiger partial charge in [-0.25, -0.2) is 9.48 Å². The number of urea groups is 1. The number of aryl methyl sites for hydroxylation is 1. The number of nitrogens with one attached hydrogen (secondary N) is 2. The molecule has 0 aliphatic heterocycles. The fourth-order valence-corrected chi connectivity index (χ4v) is 3.37. The van der Waals surface area contributed by atoms with Crippen LogP contribution in [0.3, 0.4) is 0 Å². The first kappa shape index (κ1) is 17.5. The molecule has 1 heterocycles. The molecule has 1 aromatic carbocycles. The Morgan fingerprint density at radius 3 is 2.60 bits per heavy atom. The highest BCUT2D eigenvalue weighted by Crippen LogP contribution is 2.32. The van der Waals surface area contributed by atoms with Gasteiger partial charge in [0.2, 0.25) is 0 Å². The first-order valence-corrected chi connectivity index (χ1v) is 8.79. The minimum absolute atomic E-state index is 0.0726. The van der Waals surface area contributed by atoms with Crippen LogP contribution in [0.5, 0.6) is 0 Å². The summed E-state index contributed by atoms with van der Waals surface area (Å²) in [5.74, 6) is 0. The van der Waals surface area contributed by atoms with Crippen molar-refractivity contribution in [2.45, 2.75) is 38.3 Å². The molecule has 0 atom stereocenters. The standard InChI is InChI=1S/C19H27N5O/c1-15-16(13-24(22-15)17-8-5-4-6-9-17)12-20-18(25)21-19(10-7-11-19)14-23(2)3/h4-6,8-9,13H,7,10-12,14H2,1-3H3,(H2,20,21,25). The van der Waals surface area contributed by atoms with Gasteiger partial charge in [-0.2, -0.15) is 5.10 Å². The molecule has 6 heteroatoms. The normalized spacial score (nSPS) is 15.7. The third-order valence-corrected chi connectivity index (χ3v) is 4.77. The van der Waals surface area contributed by atoms with E-state index in [1.165, 1.54) is 6.42 Å². The van der Waals surface area contributed by atoms with E-state index in [-0.39, 0.29) is 11.6 Å². The van der Waals surface area contributed by atoms with Crippen molar-refractivity contribution >= 4 is 6.03 Å². The van der Waals surface area contributed by atoms with E-state index in [1.54, 1.807) is 0 Å². The van der Waals surface area contributed by atoms with Gasteiger partial charge in [0.1, 0.15) is 0 Å². The second-order valence-electron chi connectivity index (χ2n) is 7.20. The number of carbonyl (C=O) groups excluding carboxylic acids is 1. The summed E-state index contributed by atoms with van der Waals surface area (Å²) in [5, 5.41) is 10.7. The summed E-state index contributed by atoms with van der Waals surface area (Å²) < 4.78 is 1.85. The van der Waals surface area contributed by atoms with Crippen LogP contribution < -0.4 is 10.6 Å². The van der Waals surface area contributed by atoms with Crippen molar-refractivity contribution < 1.29 is 4.79 Å². The van der Waals surface area contributed by atoms with Crippen molar-refractivity contribution in [3.8, 4) is 5.69 Å². The van der Waals surface area contributed by atoms with Crippen molar-refractivity contribution in [3.05, 3.63) is 47.8 Å². The van der Waals surface area contributed by atoms with Gasteiger partial charge in [-0.1, -0.05) is 18.2 Å². The van der Waals surface area contributed by atoms with E-state index in [0.717, 1.165) is 36.3 Å². The molecule has 2 aromatic rings. The molecular formula is C19H27N5O. The minimum Gasteiger partial charge on any atom is -0.334 e. The average Bonchev–Trinajstić information content (AvgIpc) is 2.92. The molecular weight excluding hydrogens is 314 g/mol. The molecule has 1 aliphatic carbocycles. The second kappa shape index (κ2) is 7.27. The minimum atomic E-state index is -0.103. The lowest BCUT2D eigenvalue weighted by Crippen LogP contribution is -2.60. The van der Waals surface area contributed by atoms with E-state index in [0.29, 0.717) is 6.54 Å². The largest absolute Gasteiger partial charge is 0.334 e. The fraction of sp³-hybridized carbons (Fsp3) is 0.474. The Kier molecular flexibility index (Phi) is 5.08. The van der Waals surface area contributed by atoms with Crippen molar-refractivity contribution in [2.24, 2.45) is 0 Å². The zero-order valence-electron chi connectivity index (χ0n) is 15.2. The van der Waals surface area contributed by atoms with Crippen molar-refractivity contribution in [3.63, 3.8) is 0 Å². The summed E-state index contributed by atoms with van der Waals surface area (Å²) in [5.41, 5.74) is 2.89. The van der Waals surface area contributed by atoms with Gasteiger partial charge in [-0.05, 0) is 52.4 Å². The van der Waals surface area contributed by atoms with E-state index in [9.17, 15) is 4.79 Å². The van der Waals surface area contributed by atoms with Crippen molar-refractivity contribution in [1.82, 2.24) is 25.3 Å². The Labute approximate surface area is 149 Å². The van der Waals surface area contributed by atoms with Gasteiger partial charge in [0.05, 0.1) is 16.9 Å². The zero-order valence-corrected chi connectivity index (χ0v) is 15.2. The first-order valence-electron chi connectivity index (χ1n) is 8.79. The summed E-state index contributed by atoms with van der Waals surface area (Å²) in [6.07, 6.45) is 5.24. The highest BCUT2D eigenvalue weighted by atomic mass is 16.2. The van der Waals surface area contributed by atoms with E-state index in [2.05, 4.69) is 20.6 Å². The summed E-state index contributed by atoms with van der Waals surface area (Å²) in [4.78, 5) is 14.5. The average molecular weight is 341 g/mol. The number of likely N-dealkylation sites (N-methyl/N-ethyl adjacent to an activating group) is 1. The summed E-state index contributed by atoms with van der Waals surface area (Å²) in [6, 6.07) is 9.88. The molecule has 1 fully saturated rings. The Bertz CT molecular complexity index is 719. The van der Waals surface area contributed by atoms with Crippen LogP contribution in [-0.2, 0) is 6.54 Å². The maximum Gasteiger partial charge on any atom is 0.315 e. The number of carbonyl (C=O) groups is 1. The molecule has 6 nitrogen and oxygen atoms in total. The van der Waals surface area contributed by atoms with Gasteiger partial charge in [-0.3, -0.25) is 0 Å². The fourth-order valence-electron chi connectivity index (χ4n) is 3.37. The lowest BCUT2D eigenvalue weighted by atomic mass is 9.76. The SMILES string of the molecule is Cc1nn(-c2ccccc2)cc1CNC(=O)NC1(CN(C)C)CCC1. The molecule has 0 saturated heterocycles. The topological polar surface area (TPSA) is 62.2 Å². The molecule has 2 amide bonds. The van der Waals surface area contributed by atoms with E-state index < -0.39 is 0 Å². The highest BCUT2D eigenvalue weighted by molar-refractivity contribution is 5.75. The van der Waals surface area contributed by atoms with Crippen LogP contribution in [0.25, 0.3) is 5.69 Å². The number of rotatable bonds is 6. The Morgan fingerprint density at radius 1 is 1.28 bits per heavy atom. The third kappa shape index (κ3) is 4.20. The number of nitrogens with zero attached hydrogens (tertiary/aromatic N) is 3. The Hall–Kier alpha value is -2.34. The lowest BCUT2D eigenvalue weighted by molar-refractivity contribution is 0.140.